The van der Waals surface area contributed by atoms with E-state index in [0.717, 1.165) is 45.1 Å². The van der Waals surface area contributed by atoms with Gasteiger partial charge in [0.25, 0.3) is 0 Å². The molecule has 2 aromatic rings. The number of hydrogen-bond donors (Lipinski definition) is 0. The van der Waals surface area contributed by atoms with Crippen LogP contribution in [0.1, 0.15) is 94.2 Å². The predicted octanol–water partition coefficient (Wildman–Crippen LogP) is 10.9. The van der Waals surface area contributed by atoms with Crippen LogP contribution in [0.15, 0.2) is 60.7 Å². The third-order valence-corrected chi connectivity index (χ3v) is 12.8. The monoisotopic (exact) mass is 654 g/mol. The van der Waals surface area contributed by atoms with Gasteiger partial charge in [-0.1, -0.05) is 147 Å². The molecule has 0 bridgehead atoms. The van der Waals surface area contributed by atoms with Crippen LogP contribution in [0.2, 0.25) is 0 Å². The average molecular weight is 655 g/mol. The molecule has 0 heterocycles. The summed E-state index contributed by atoms with van der Waals surface area (Å²) in [5, 5.41) is 0. The summed E-state index contributed by atoms with van der Waals surface area (Å²) in [5.74, 6) is 5.92. The molecule has 0 aliphatic heterocycles. The van der Waals surface area contributed by atoms with Crippen LogP contribution in [-0.4, -0.2) is 34.0 Å². The molecule has 0 atom stereocenters. The molecule has 0 aromatic heterocycles. The normalized spacial score (nSPS) is 10.5. The first-order valence-electron chi connectivity index (χ1n) is 13.8. The van der Waals surface area contributed by atoms with Crippen molar-refractivity contribution in [1.82, 2.24) is 0 Å². The van der Waals surface area contributed by atoms with E-state index in [0.29, 0.717) is 0 Å². The fourth-order valence-corrected chi connectivity index (χ4v) is 12.0. The molecule has 1 radical (unpaired) electrons. The van der Waals surface area contributed by atoms with Crippen molar-refractivity contribution in [3.05, 3.63) is 84.5 Å². The van der Waals surface area contributed by atoms with E-state index in [1.807, 2.05) is 66.7 Å². The first-order chi connectivity index (χ1) is 17.9. The smallest absolute Gasteiger partial charge is 0 e. The molecule has 0 amide bonds. The van der Waals surface area contributed by atoms with Gasteiger partial charge in [-0.2, -0.15) is 6.08 Å². The summed E-state index contributed by atoms with van der Waals surface area (Å²) < 4.78 is 7.50. The summed E-state index contributed by atoms with van der Waals surface area (Å²) in [7, 11) is 0.525. The van der Waals surface area contributed by atoms with E-state index < -0.39 is 0 Å². The molecule has 0 fully saturated rings. The van der Waals surface area contributed by atoms with E-state index >= 15 is 0 Å². The predicted molar refractivity (Wildman–Crippen MR) is 176 cm³/mol. The Morgan fingerprint density at radius 3 is 1.18 bits per heavy atom. The molecule has 4 heteroatoms. The molecular weight excluding hydrogens is 601 g/mol. The van der Waals surface area contributed by atoms with E-state index in [1.165, 1.54) is 0 Å². The fourth-order valence-electron chi connectivity index (χ4n) is 4.88. The van der Waals surface area contributed by atoms with Gasteiger partial charge in [0, 0.05) is 19.5 Å². The maximum atomic E-state index is 7.50. The van der Waals surface area contributed by atoms with Crippen molar-refractivity contribution in [2.24, 2.45) is 0 Å². The molecule has 0 saturated carbocycles. The van der Waals surface area contributed by atoms with Crippen LogP contribution in [0.5, 0.6) is 0 Å². The Balaban J connectivity index is -0.000000499. The van der Waals surface area contributed by atoms with Crippen molar-refractivity contribution in [2.75, 3.05) is 0 Å². The Kier molecular flexibility index (Phi) is 28.2. The van der Waals surface area contributed by atoms with Gasteiger partial charge >= 0.3 is 11.3 Å². The summed E-state index contributed by atoms with van der Waals surface area (Å²) in [6.07, 6.45) is 4.85. The Bertz CT molecular complexity index is 859. The largest absolute Gasteiger partial charge is 0 e. The van der Waals surface area contributed by atoms with Crippen molar-refractivity contribution < 1.29 is 24.1 Å². The molecule has 2 aromatic carbocycles. The molecule has 0 aliphatic rings. The van der Waals surface area contributed by atoms with Crippen molar-refractivity contribution in [1.29, 1.82) is 0 Å². The molecule has 0 saturated heterocycles. The minimum Gasteiger partial charge on any atom is 0 e. The van der Waals surface area contributed by atoms with Gasteiger partial charge in [0.05, 0.1) is 0 Å². The molecular formula is C35H53OP2Rh-. The molecule has 219 valence electrons. The van der Waals surface area contributed by atoms with Crippen LogP contribution in [0.4, 0.5) is 0 Å². The summed E-state index contributed by atoms with van der Waals surface area (Å²) in [5.41, 5.74) is 7.52. The Morgan fingerprint density at radius 2 is 0.897 bits per heavy atom. The van der Waals surface area contributed by atoms with E-state index in [2.05, 4.69) is 108 Å². The van der Waals surface area contributed by atoms with Crippen LogP contribution in [-0.2, 0) is 24.1 Å². The SMILES string of the molecule is C(#Cc1ccccc1)[C-]=Cc1ccccc1.CC(C)P(C(C)C)C(C)C.CC(C)P(C(C)C)C(C)C.[C-]#[O+].[Rh]. The van der Waals surface area contributed by atoms with Gasteiger partial charge in [-0.25, -0.2) is 11.8 Å². The minimum atomic E-state index is 0. The average Bonchev–Trinajstić information content (AvgIpc) is 2.84. The molecule has 0 aliphatic carbocycles. The number of benzene rings is 2. The van der Waals surface area contributed by atoms with Crippen molar-refractivity contribution in [3.8, 4) is 11.8 Å². The van der Waals surface area contributed by atoms with Gasteiger partial charge in [-0.05, 0) is 39.5 Å². The maximum absolute atomic E-state index is 7.50. The maximum Gasteiger partial charge on any atom is 0 e. The number of rotatable bonds is 7. The first kappa shape index (κ1) is 42.4. The number of allylic oxidation sites excluding steroid dienone is 1. The zero-order valence-electron chi connectivity index (χ0n) is 26.5. The first-order valence-corrected chi connectivity index (χ1v) is 16.9. The second-order valence-electron chi connectivity index (χ2n) is 10.8. The topological polar surface area (TPSA) is 19.9 Å². The molecule has 0 unspecified atom stereocenters. The third-order valence-electron chi connectivity index (χ3n) is 5.67. The van der Waals surface area contributed by atoms with E-state index in [-0.39, 0.29) is 35.3 Å². The molecule has 1 nitrogen and oxygen atoms in total. The minimum absolute atomic E-state index is 0. The van der Waals surface area contributed by atoms with Gasteiger partial charge in [0.1, 0.15) is 0 Å². The second kappa shape index (κ2) is 25.9. The molecule has 0 spiro atoms. The van der Waals surface area contributed by atoms with Gasteiger partial charge in [-0.3, -0.25) is 0 Å². The third kappa shape index (κ3) is 21.4. The van der Waals surface area contributed by atoms with Crippen LogP contribution >= 0.6 is 15.8 Å². The summed E-state index contributed by atoms with van der Waals surface area (Å²) >= 11 is 0. The van der Waals surface area contributed by atoms with E-state index in [1.54, 1.807) is 0 Å². The zero-order chi connectivity index (χ0) is 29.7. The van der Waals surface area contributed by atoms with Gasteiger partial charge in [0.2, 0.25) is 0 Å². The quantitative estimate of drug-likeness (QED) is 0.0931. The Hall–Kier alpha value is -1.04. The summed E-state index contributed by atoms with van der Waals surface area (Å²) in [6, 6.07) is 19.9. The van der Waals surface area contributed by atoms with E-state index in [4.69, 9.17) is 4.65 Å². The Labute approximate surface area is 258 Å². The molecule has 2 rings (SSSR count). The van der Waals surface area contributed by atoms with Crippen LogP contribution in [0.3, 0.4) is 0 Å². The van der Waals surface area contributed by atoms with Gasteiger partial charge in [0.15, 0.2) is 0 Å². The van der Waals surface area contributed by atoms with E-state index in [9.17, 15) is 0 Å². The van der Waals surface area contributed by atoms with Crippen molar-refractivity contribution in [2.45, 2.75) is 117 Å². The molecule has 0 N–H and O–H groups in total. The molecule has 39 heavy (non-hydrogen) atoms. The van der Waals surface area contributed by atoms with Crippen LogP contribution < -0.4 is 0 Å². The van der Waals surface area contributed by atoms with Gasteiger partial charge in [-0.15, -0.1) is 23.8 Å². The fraction of sp³-hybridized carbons (Fsp3) is 0.514. The standard InChI is InChI=1S/C16H11.2C9H21P.CO.Rh/c1-3-9-15(10-4-1)13-7-8-14-16-11-5-2-6-12-16;2*1-7(2)10(8(3)4)9(5)6;1-2;/h1-6,9-13H;2*7-9H,1-6H3;;/q-1;;;;. The summed E-state index contributed by atoms with van der Waals surface area (Å²) in [6.45, 7) is 32.7. The van der Waals surface area contributed by atoms with Crippen LogP contribution in [0, 0.1) is 24.6 Å². The van der Waals surface area contributed by atoms with Gasteiger partial charge < -0.3 is 0 Å². The summed E-state index contributed by atoms with van der Waals surface area (Å²) in [4.78, 5) is 0. The second-order valence-corrected chi connectivity index (χ2v) is 18.8. The Morgan fingerprint density at radius 1 is 0.590 bits per heavy atom. The van der Waals surface area contributed by atoms with Crippen molar-refractivity contribution >= 4 is 21.9 Å². The van der Waals surface area contributed by atoms with Crippen LogP contribution in [0.25, 0.3) is 6.08 Å². The van der Waals surface area contributed by atoms with Crippen molar-refractivity contribution in [3.63, 3.8) is 0 Å². The zero-order valence-corrected chi connectivity index (χ0v) is 29.9. The number of hydrogen-bond acceptors (Lipinski definition) is 0.